The summed E-state index contributed by atoms with van der Waals surface area (Å²) in [4.78, 5) is 17.7. The van der Waals surface area contributed by atoms with Gasteiger partial charge in [0.15, 0.2) is 11.5 Å². The first kappa shape index (κ1) is 27.2. The molecule has 2 atom stereocenters. The van der Waals surface area contributed by atoms with Gasteiger partial charge in [0, 0.05) is 38.2 Å². The number of piperidine rings is 1. The molecule has 0 saturated carbocycles. The average Bonchev–Trinajstić information content (AvgIpc) is 2.90. The van der Waals surface area contributed by atoms with Gasteiger partial charge >= 0.3 is 0 Å². The van der Waals surface area contributed by atoms with Crippen LogP contribution in [-0.2, 0) is 12.8 Å². The van der Waals surface area contributed by atoms with Crippen LogP contribution in [0.4, 0.5) is 0 Å². The molecule has 1 saturated heterocycles. The van der Waals surface area contributed by atoms with Crippen molar-refractivity contribution in [1.29, 1.82) is 0 Å². The normalized spacial score (nSPS) is 18.7. The second-order valence-electron chi connectivity index (χ2n) is 10.1. The third-order valence-electron chi connectivity index (χ3n) is 7.66. The van der Waals surface area contributed by atoms with Crippen molar-refractivity contribution in [1.82, 2.24) is 9.80 Å². The quantitative estimate of drug-likeness (QED) is 0.467. The topological polar surface area (TPSA) is 62.2 Å². The monoisotopic (exact) mass is 524 g/mol. The van der Waals surface area contributed by atoms with Gasteiger partial charge in [-0.25, -0.2) is 0 Å². The Hall–Kier alpha value is -2.80. The van der Waals surface area contributed by atoms with Gasteiger partial charge in [-0.3, -0.25) is 4.79 Å². The van der Waals surface area contributed by atoms with Crippen LogP contribution in [0.25, 0.3) is 10.8 Å². The van der Waals surface area contributed by atoms with Gasteiger partial charge in [-0.1, -0.05) is 42.5 Å². The second kappa shape index (κ2) is 12.2. The van der Waals surface area contributed by atoms with Crippen LogP contribution in [0.3, 0.4) is 0 Å². The van der Waals surface area contributed by atoms with Gasteiger partial charge in [0.1, 0.15) is 0 Å². The molecule has 0 spiro atoms. The van der Waals surface area contributed by atoms with Crippen molar-refractivity contribution in [2.45, 2.75) is 31.8 Å². The van der Waals surface area contributed by atoms with E-state index >= 15 is 0 Å². The smallest absolute Gasteiger partial charge is 0.254 e. The third kappa shape index (κ3) is 6.03. The number of carbonyl (C=O) groups excluding carboxylic acids is 1. The number of hydrogen-bond donors (Lipinski definition) is 1. The number of benzene rings is 3. The fourth-order valence-corrected chi connectivity index (χ4v) is 5.89. The predicted octanol–water partition coefficient (Wildman–Crippen LogP) is 4.59. The molecule has 0 aliphatic carbocycles. The second-order valence-corrected chi connectivity index (χ2v) is 10.1. The van der Waals surface area contributed by atoms with Gasteiger partial charge in [0.2, 0.25) is 0 Å². The van der Waals surface area contributed by atoms with Crippen molar-refractivity contribution in [3.63, 3.8) is 0 Å². The van der Waals surface area contributed by atoms with E-state index in [0.717, 1.165) is 56.6 Å². The van der Waals surface area contributed by atoms with E-state index in [1.165, 1.54) is 16.3 Å². The van der Waals surface area contributed by atoms with E-state index in [1.54, 1.807) is 14.2 Å². The molecule has 1 N–H and O–H groups in total. The van der Waals surface area contributed by atoms with Crippen LogP contribution < -0.4 is 9.47 Å². The number of β-amino-alcohol motifs (C(OH)–C–C–N with tert-alkyl or cyclic N) is 1. The SMILES string of the molecule is COc1cc2c(cc1OC)C(=O)N(CC1CCCN(CC(O)Cc3cccc4ccccc34)C1)CC2.Cl. The van der Waals surface area contributed by atoms with Gasteiger partial charge in [-0.15, -0.1) is 12.4 Å². The molecule has 3 aromatic carbocycles. The Kier molecular flexibility index (Phi) is 8.95. The highest BCUT2D eigenvalue weighted by Gasteiger charge is 2.30. The molecule has 7 heteroatoms. The van der Waals surface area contributed by atoms with Gasteiger partial charge in [0.25, 0.3) is 5.91 Å². The maximum atomic E-state index is 13.3. The first-order valence-electron chi connectivity index (χ1n) is 13.0. The number of fused-ring (bicyclic) bond motifs is 2. The van der Waals surface area contributed by atoms with E-state index in [0.29, 0.717) is 30.4 Å². The van der Waals surface area contributed by atoms with E-state index in [-0.39, 0.29) is 18.3 Å². The van der Waals surface area contributed by atoms with E-state index in [1.807, 2.05) is 17.0 Å². The van der Waals surface area contributed by atoms with Gasteiger partial charge in [0.05, 0.1) is 20.3 Å². The van der Waals surface area contributed by atoms with Crippen LogP contribution in [0.1, 0.15) is 34.3 Å². The zero-order chi connectivity index (χ0) is 25.1. The number of methoxy groups -OCH3 is 2. The standard InChI is InChI=1S/C30H36N2O4.ClH/c1-35-28-16-24-12-14-32(30(34)27(24)17-29(28)36-2)19-21-7-6-13-31(18-21)20-25(33)15-23-10-5-9-22-8-3-4-11-26(22)23;/h3-5,8-11,16-17,21,25,33H,6-7,12-15,18-20H2,1-2H3;1H. The summed E-state index contributed by atoms with van der Waals surface area (Å²) >= 11 is 0. The zero-order valence-corrected chi connectivity index (χ0v) is 22.5. The number of carbonyl (C=O) groups is 1. The minimum atomic E-state index is -0.416. The first-order valence-corrected chi connectivity index (χ1v) is 13.0. The Balaban J connectivity index is 0.00000320. The van der Waals surface area contributed by atoms with Crippen molar-refractivity contribution in [2.75, 3.05) is 46.9 Å². The van der Waals surface area contributed by atoms with Crippen LogP contribution in [0.5, 0.6) is 11.5 Å². The van der Waals surface area contributed by atoms with Gasteiger partial charge in [-0.05, 0) is 65.8 Å². The summed E-state index contributed by atoms with van der Waals surface area (Å²) in [6.07, 6.45) is 3.26. The molecule has 37 heavy (non-hydrogen) atoms. The summed E-state index contributed by atoms with van der Waals surface area (Å²) in [6, 6.07) is 18.4. The number of nitrogens with zero attached hydrogens (tertiary/aromatic N) is 2. The molecular formula is C30H37ClN2O4. The molecule has 1 fully saturated rings. The molecule has 5 rings (SSSR count). The van der Waals surface area contributed by atoms with E-state index < -0.39 is 6.10 Å². The number of aliphatic hydroxyl groups excluding tert-OH is 1. The van der Waals surface area contributed by atoms with E-state index in [4.69, 9.17) is 9.47 Å². The van der Waals surface area contributed by atoms with Crippen LogP contribution in [0.2, 0.25) is 0 Å². The molecule has 0 radical (unpaired) electrons. The molecule has 2 heterocycles. The largest absolute Gasteiger partial charge is 0.493 e. The third-order valence-corrected chi connectivity index (χ3v) is 7.66. The van der Waals surface area contributed by atoms with Crippen LogP contribution in [0.15, 0.2) is 54.6 Å². The summed E-state index contributed by atoms with van der Waals surface area (Å²) in [7, 11) is 3.22. The average molecular weight is 525 g/mol. The summed E-state index contributed by atoms with van der Waals surface area (Å²) in [5.41, 5.74) is 2.94. The lowest BCUT2D eigenvalue weighted by Gasteiger charge is -2.38. The molecule has 2 aliphatic rings. The molecule has 2 aliphatic heterocycles. The highest BCUT2D eigenvalue weighted by molar-refractivity contribution is 5.97. The number of ether oxygens (including phenoxy) is 2. The molecule has 6 nitrogen and oxygen atoms in total. The molecule has 2 unspecified atom stereocenters. The number of likely N-dealkylation sites (tertiary alicyclic amines) is 1. The Labute approximate surface area is 225 Å². The van der Waals surface area contributed by atoms with Crippen molar-refractivity contribution in [3.8, 4) is 11.5 Å². The Bertz CT molecular complexity index is 1230. The predicted molar refractivity (Wildman–Crippen MR) is 149 cm³/mol. The molecular weight excluding hydrogens is 488 g/mol. The molecule has 0 aromatic heterocycles. The lowest BCUT2D eigenvalue weighted by atomic mass is 9.93. The summed E-state index contributed by atoms with van der Waals surface area (Å²) < 4.78 is 10.8. The Morgan fingerprint density at radius 1 is 1.03 bits per heavy atom. The first-order chi connectivity index (χ1) is 17.6. The Morgan fingerprint density at radius 2 is 1.78 bits per heavy atom. The van der Waals surface area contributed by atoms with E-state index in [2.05, 4.69) is 47.4 Å². The molecule has 1 amide bonds. The fraction of sp³-hybridized carbons (Fsp3) is 0.433. The van der Waals surface area contributed by atoms with Gasteiger partial charge < -0.3 is 24.4 Å². The zero-order valence-electron chi connectivity index (χ0n) is 21.7. The number of halogens is 1. The lowest BCUT2D eigenvalue weighted by Crippen LogP contribution is -2.46. The number of rotatable bonds is 8. The molecule has 198 valence electrons. The summed E-state index contributed by atoms with van der Waals surface area (Å²) in [6.45, 7) is 4.05. The Morgan fingerprint density at radius 3 is 2.59 bits per heavy atom. The highest BCUT2D eigenvalue weighted by Crippen LogP contribution is 2.34. The van der Waals surface area contributed by atoms with Crippen molar-refractivity contribution < 1.29 is 19.4 Å². The minimum Gasteiger partial charge on any atom is -0.493 e. The van der Waals surface area contributed by atoms with Crippen LogP contribution in [0, 0.1) is 5.92 Å². The van der Waals surface area contributed by atoms with Crippen molar-refractivity contribution in [3.05, 3.63) is 71.3 Å². The van der Waals surface area contributed by atoms with E-state index in [9.17, 15) is 9.90 Å². The van der Waals surface area contributed by atoms with Crippen LogP contribution >= 0.6 is 12.4 Å². The summed E-state index contributed by atoms with van der Waals surface area (Å²) in [5.74, 6) is 1.75. The minimum absolute atomic E-state index is 0. The number of amides is 1. The number of hydrogen-bond acceptors (Lipinski definition) is 5. The highest BCUT2D eigenvalue weighted by atomic mass is 35.5. The fourth-order valence-electron chi connectivity index (χ4n) is 5.89. The molecule has 3 aromatic rings. The lowest BCUT2D eigenvalue weighted by molar-refractivity contribution is 0.0579. The maximum Gasteiger partial charge on any atom is 0.254 e. The van der Waals surface area contributed by atoms with Gasteiger partial charge in [-0.2, -0.15) is 0 Å². The summed E-state index contributed by atoms with van der Waals surface area (Å²) in [5, 5.41) is 13.4. The van der Waals surface area contributed by atoms with Crippen molar-refractivity contribution >= 4 is 29.1 Å². The van der Waals surface area contributed by atoms with Crippen LogP contribution in [-0.4, -0.2) is 73.9 Å². The molecule has 0 bridgehead atoms. The maximum absolute atomic E-state index is 13.3. The number of aliphatic hydroxyl groups is 1. The van der Waals surface area contributed by atoms with Crippen molar-refractivity contribution in [2.24, 2.45) is 5.92 Å².